The molecule has 0 unspecified atom stereocenters. The van der Waals surface area contributed by atoms with Gasteiger partial charge in [0.2, 0.25) is 0 Å². The monoisotopic (exact) mass is 232 g/mol. The maximum Gasteiger partial charge on any atom is 0.0696 e. The lowest BCUT2D eigenvalue weighted by Gasteiger charge is -2.10. The van der Waals surface area contributed by atoms with Crippen molar-refractivity contribution in [2.75, 3.05) is 0 Å². The summed E-state index contributed by atoms with van der Waals surface area (Å²) in [5.41, 5.74) is 4.04. The molecule has 0 saturated carbocycles. The van der Waals surface area contributed by atoms with Crippen LogP contribution in [0.2, 0.25) is 5.02 Å². The number of aryl methyl sites for hydroxylation is 1. The number of halogens is 1. The summed E-state index contributed by atoms with van der Waals surface area (Å²) in [5.74, 6) is 0. The molecule has 2 heteroatoms. The molecule has 2 rings (SSSR count). The molecule has 0 radical (unpaired) electrons. The minimum Gasteiger partial charge on any atom is -0.392 e. The zero-order valence-electron chi connectivity index (χ0n) is 9.07. The first kappa shape index (κ1) is 11.2. The van der Waals surface area contributed by atoms with E-state index in [2.05, 4.69) is 13.0 Å². The maximum absolute atomic E-state index is 9.17. The summed E-state index contributed by atoms with van der Waals surface area (Å²) in [4.78, 5) is 0. The zero-order valence-corrected chi connectivity index (χ0v) is 9.83. The van der Waals surface area contributed by atoms with Crippen LogP contribution in [0.4, 0.5) is 0 Å². The van der Waals surface area contributed by atoms with E-state index in [0.717, 1.165) is 16.7 Å². The predicted molar refractivity (Wildman–Crippen MR) is 67.5 cm³/mol. The number of benzene rings is 2. The van der Waals surface area contributed by atoms with Crippen LogP contribution in [0.25, 0.3) is 11.1 Å². The molecular weight excluding hydrogens is 220 g/mol. The SMILES string of the molecule is Cc1ccccc1-c1cccc(CO)c1Cl. The number of rotatable bonds is 2. The lowest BCUT2D eigenvalue weighted by molar-refractivity contribution is 0.282. The molecule has 82 valence electrons. The summed E-state index contributed by atoms with van der Waals surface area (Å²) >= 11 is 6.26. The van der Waals surface area contributed by atoms with Crippen LogP contribution in [0, 0.1) is 6.92 Å². The molecule has 1 nitrogen and oxygen atoms in total. The van der Waals surface area contributed by atoms with Crippen LogP contribution in [0.3, 0.4) is 0 Å². The second-order valence-electron chi connectivity index (χ2n) is 3.75. The van der Waals surface area contributed by atoms with Gasteiger partial charge in [0, 0.05) is 5.56 Å². The van der Waals surface area contributed by atoms with Crippen LogP contribution >= 0.6 is 11.6 Å². The number of hydrogen-bond acceptors (Lipinski definition) is 1. The van der Waals surface area contributed by atoms with Gasteiger partial charge in [-0.05, 0) is 23.6 Å². The first-order chi connectivity index (χ1) is 7.74. The van der Waals surface area contributed by atoms with Crippen LogP contribution in [-0.2, 0) is 6.61 Å². The van der Waals surface area contributed by atoms with E-state index in [1.807, 2.05) is 36.4 Å². The molecule has 0 aromatic heterocycles. The van der Waals surface area contributed by atoms with Gasteiger partial charge in [-0.25, -0.2) is 0 Å². The molecule has 0 bridgehead atoms. The molecule has 2 aromatic rings. The van der Waals surface area contributed by atoms with Crippen molar-refractivity contribution in [3.8, 4) is 11.1 Å². The van der Waals surface area contributed by atoms with Crippen LogP contribution in [-0.4, -0.2) is 5.11 Å². The topological polar surface area (TPSA) is 20.2 Å². The van der Waals surface area contributed by atoms with Gasteiger partial charge in [-0.15, -0.1) is 0 Å². The molecule has 0 heterocycles. The van der Waals surface area contributed by atoms with E-state index in [-0.39, 0.29) is 6.61 Å². The molecule has 0 aliphatic carbocycles. The van der Waals surface area contributed by atoms with Crippen molar-refractivity contribution in [2.24, 2.45) is 0 Å². The Morgan fingerprint density at radius 3 is 2.38 bits per heavy atom. The van der Waals surface area contributed by atoms with Crippen molar-refractivity contribution < 1.29 is 5.11 Å². The standard InChI is InChI=1S/C14H13ClO/c1-10-5-2-3-7-12(10)13-8-4-6-11(9-16)14(13)15/h2-8,16H,9H2,1H3. The highest BCUT2D eigenvalue weighted by Crippen LogP contribution is 2.32. The highest BCUT2D eigenvalue weighted by atomic mass is 35.5. The van der Waals surface area contributed by atoms with E-state index in [4.69, 9.17) is 11.6 Å². The maximum atomic E-state index is 9.17. The van der Waals surface area contributed by atoms with Crippen molar-refractivity contribution in [3.63, 3.8) is 0 Å². The van der Waals surface area contributed by atoms with Crippen LogP contribution in [0.15, 0.2) is 42.5 Å². The third kappa shape index (κ3) is 1.97. The van der Waals surface area contributed by atoms with Crippen molar-refractivity contribution in [2.45, 2.75) is 13.5 Å². The second kappa shape index (κ2) is 4.69. The van der Waals surface area contributed by atoms with Gasteiger partial charge in [-0.3, -0.25) is 0 Å². The Hall–Kier alpha value is -1.31. The Labute approximate surface area is 100 Å². The average Bonchev–Trinajstić information content (AvgIpc) is 2.31. The molecule has 0 amide bonds. The van der Waals surface area contributed by atoms with E-state index in [1.54, 1.807) is 0 Å². The fourth-order valence-corrected chi connectivity index (χ4v) is 2.07. The molecular formula is C14H13ClO. The lowest BCUT2D eigenvalue weighted by Crippen LogP contribution is -1.89. The highest BCUT2D eigenvalue weighted by Gasteiger charge is 2.08. The van der Waals surface area contributed by atoms with Gasteiger partial charge < -0.3 is 5.11 Å². The summed E-state index contributed by atoms with van der Waals surface area (Å²) in [6.45, 7) is 2.02. The van der Waals surface area contributed by atoms with Gasteiger partial charge in [-0.1, -0.05) is 54.1 Å². The smallest absolute Gasteiger partial charge is 0.0696 e. The number of aliphatic hydroxyl groups is 1. The van der Waals surface area contributed by atoms with Gasteiger partial charge in [0.25, 0.3) is 0 Å². The Morgan fingerprint density at radius 2 is 1.69 bits per heavy atom. The Balaban J connectivity index is 2.61. The molecule has 1 N–H and O–H groups in total. The predicted octanol–water partition coefficient (Wildman–Crippen LogP) is 3.81. The number of hydrogen-bond donors (Lipinski definition) is 1. The minimum absolute atomic E-state index is 0.0292. The van der Waals surface area contributed by atoms with Crippen LogP contribution < -0.4 is 0 Å². The molecule has 16 heavy (non-hydrogen) atoms. The molecule has 0 fully saturated rings. The molecule has 0 atom stereocenters. The lowest BCUT2D eigenvalue weighted by atomic mass is 9.99. The van der Waals surface area contributed by atoms with Gasteiger partial charge in [0.05, 0.1) is 11.6 Å². The van der Waals surface area contributed by atoms with Crippen LogP contribution in [0.5, 0.6) is 0 Å². The molecule has 2 aromatic carbocycles. The molecule has 0 saturated heterocycles. The van der Waals surface area contributed by atoms with E-state index in [1.165, 1.54) is 5.56 Å². The first-order valence-corrected chi connectivity index (χ1v) is 5.56. The first-order valence-electron chi connectivity index (χ1n) is 5.18. The molecule has 0 aliphatic rings. The van der Waals surface area contributed by atoms with Crippen molar-refractivity contribution in [1.82, 2.24) is 0 Å². The Kier molecular flexibility index (Phi) is 3.28. The van der Waals surface area contributed by atoms with E-state index < -0.39 is 0 Å². The minimum atomic E-state index is -0.0292. The van der Waals surface area contributed by atoms with Crippen LogP contribution in [0.1, 0.15) is 11.1 Å². The Morgan fingerprint density at radius 1 is 1.00 bits per heavy atom. The van der Waals surface area contributed by atoms with E-state index >= 15 is 0 Å². The third-order valence-corrected chi connectivity index (χ3v) is 3.13. The summed E-state index contributed by atoms with van der Waals surface area (Å²) in [6, 6.07) is 13.8. The second-order valence-corrected chi connectivity index (χ2v) is 4.13. The van der Waals surface area contributed by atoms with Gasteiger partial charge in [-0.2, -0.15) is 0 Å². The summed E-state index contributed by atoms with van der Waals surface area (Å²) in [5, 5.41) is 9.81. The average molecular weight is 233 g/mol. The fraction of sp³-hybridized carbons (Fsp3) is 0.143. The Bertz CT molecular complexity index is 506. The van der Waals surface area contributed by atoms with Gasteiger partial charge in [0.1, 0.15) is 0 Å². The zero-order chi connectivity index (χ0) is 11.5. The third-order valence-electron chi connectivity index (χ3n) is 2.68. The van der Waals surface area contributed by atoms with Crippen molar-refractivity contribution >= 4 is 11.6 Å². The van der Waals surface area contributed by atoms with E-state index in [0.29, 0.717) is 5.02 Å². The summed E-state index contributed by atoms with van der Waals surface area (Å²) < 4.78 is 0. The van der Waals surface area contributed by atoms with Gasteiger partial charge in [0.15, 0.2) is 0 Å². The normalized spacial score (nSPS) is 10.4. The fourth-order valence-electron chi connectivity index (χ4n) is 1.79. The largest absolute Gasteiger partial charge is 0.392 e. The van der Waals surface area contributed by atoms with Gasteiger partial charge >= 0.3 is 0 Å². The number of aliphatic hydroxyl groups excluding tert-OH is 1. The summed E-state index contributed by atoms with van der Waals surface area (Å²) in [6.07, 6.45) is 0. The molecule has 0 aliphatic heterocycles. The molecule has 0 spiro atoms. The van der Waals surface area contributed by atoms with E-state index in [9.17, 15) is 5.11 Å². The van der Waals surface area contributed by atoms with Crippen molar-refractivity contribution in [3.05, 3.63) is 58.6 Å². The quantitative estimate of drug-likeness (QED) is 0.835. The summed E-state index contributed by atoms with van der Waals surface area (Å²) in [7, 11) is 0. The highest BCUT2D eigenvalue weighted by molar-refractivity contribution is 6.34. The van der Waals surface area contributed by atoms with Crippen molar-refractivity contribution in [1.29, 1.82) is 0 Å².